The molecule has 176 valence electrons. The molecule has 0 radical (unpaired) electrons. The maximum absolute atomic E-state index is 14.1. The minimum absolute atomic E-state index is 0.0304. The van der Waals surface area contributed by atoms with Crippen molar-refractivity contribution in [2.24, 2.45) is 0 Å². The molecule has 1 saturated heterocycles. The van der Waals surface area contributed by atoms with Crippen molar-refractivity contribution < 1.29 is 23.5 Å². The highest BCUT2D eigenvalue weighted by Crippen LogP contribution is 2.29. The van der Waals surface area contributed by atoms with Crippen molar-refractivity contribution in [3.8, 4) is 5.75 Å². The summed E-state index contributed by atoms with van der Waals surface area (Å²) in [6.45, 7) is 1.65. The van der Waals surface area contributed by atoms with Gasteiger partial charge in [-0.25, -0.2) is 4.39 Å². The molecule has 2 aromatic carbocycles. The predicted octanol–water partition coefficient (Wildman–Crippen LogP) is 3.23. The summed E-state index contributed by atoms with van der Waals surface area (Å²) < 4.78 is 26.1. The lowest BCUT2D eigenvalue weighted by Gasteiger charge is -2.43. The Hall–Kier alpha value is -2.93. The molecule has 2 amide bonds. The first-order valence-electron chi connectivity index (χ1n) is 11.6. The molecule has 7 heteroatoms. The molecule has 1 atom stereocenters. The summed E-state index contributed by atoms with van der Waals surface area (Å²) in [5.74, 6) is 0.147. The number of hydrogen-bond donors (Lipinski definition) is 0. The lowest BCUT2D eigenvalue weighted by Crippen LogP contribution is -2.61. The maximum Gasteiger partial charge on any atom is 0.256 e. The predicted molar refractivity (Wildman–Crippen MR) is 122 cm³/mol. The number of ether oxygens (including phenoxy) is 2. The average molecular weight is 455 g/mol. The quantitative estimate of drug-likeness (QED) is 0.699. The average Bonchev–Trinajstić information content (AvgIpc) is 2.83. The number of carbonyl (C=O) groups is 2. The number of likely N-dealkylation sites (N-methyl/N-ethyl adjacent to an activating group) is 1. The van der Waals surface area contributed by atoms with Crippen LogP contribution >= 0.6 is 0 Å². The Kier molecular flexibility index (Phi) is 7.28. The number of hydrogen-bond acceptors (Lipinski definition) is 4. The van der Waals surface area contributed by atoms with Gasteiger partial charge in [0, 0.05) is 13.6 Å². The Morgan fingerprint density at radius 3 is 2.70 bits per heavy atom. The molecular formula is C26H31FN2O4. The van der Waals surface area contributed by atoms with Crippen molar-refractivity contribution in [2.75, 3.05) is 39.9 Å². The van der Waals surface area contributed by atoms with Gasteiger partial charge in [0.05, 0.1) is 26.1 Å². The number of nitrogens with zero attached hydrogens (tertiary/aromatic N) is 2. The zero-order chi connectivity index (χ0) is 23.3. The molecule has 4 rings (SSSR count). The van der Waals surface area contributed by atoms with E-state index in [-0.39, 0.29) is 31.4 Å². The first kappa shape index (κ1) is 23.2. The van der Waals surface area contributed by atoms with Crippen LogP contribution in [0.4, 0.5) is 4.39 Å². The summed E-state index contributed by atoms with van der Waals surface area (Å²) in [5, 5.41) is 0. The molecular weight excluding hydrogens is 423 g/mol. The minimum atomic E-state index is -1.09. The minimum Gasteiger partial charge on any atom is -0.491 e. The molecule has 0 aliphatic carbocycles. The van der Waals surface area contributed by atoms with E-state index in [2.05, 4.69) is 6.07 Å². The van der Waals surface area contributed by atoms with E-state index >= 15 is 0 Å². The number of amides is 2. The Morgan fingerprint density at radius 1 is 1.06 bits per heavy atom. The van der Waals surface area contributed by atoms with Crippen LogP contribution in [0.25, 0.3) is 0 Å². The fraction of sp³-hybridized carbons (Fsp3) is 0.462. The highest BCUT2D eigenvalue weighted by atomic mass is 19.1. The van der Waals surface area contributed by atoms with Gasteiger partial charge in [-0.2, -0.15) is 0 Å². The second kappa shape index (κ2) is 10.3. The molecule has 1 unspecified atom stereocenters. The van der Waals surface area contributed by atoms with Crippen LogP contribution in [0.15, 0.2) is 48.5 Å². The molecule has 2 aliphatic heterocycles. The van der Waals surface area contributed by atoms with E-state index in [1.54, 1.807) is 35.0 Å². The molecule has 1 spiro atoms. The Bertz CT molecular complexity index is 998. The standard InChI is InChI=1S/C26H31FN2O4/c1-28-14-16-32-23-12-5-3-8-20(23)9-6-7-13-26(25(28)31)19-29(15-17-33-26)24(30)18-21-10-2-4-11-22(21)27/h2-5,8,10-12H,6-7,9,13-19H2,1H3. The topological polar surface area (TPSA) is 59.1 Å². The summed E-state index contributed by atoms with van der Waals surface area (Å²) in [7, 11) is 1.74. The van der Waals surface area contributed by atoms with Crippen LogP contribution in [-0.2, 0) is 27.2 Å². The third-order valence-electron chi connectivity index (χ3n) is 6.51. The summed E-state index contributed by atoms with van der Waals surface area (Å²) in [5.41, 5.74) is 0.435. The number of carbonyl (C=O) groups excluding carboxylic acids is 2. The van der Waals surface area contributed by atoms with Crippen LogP contribution in [0, 0.1) is 5.82 Å². The van der Waals surface area contributed by atoms with E-state index in [1.807, 2.05) is 18.2 Å². The largest absolute Gasteiger partial charge is 0.491 e. The van der Waals surface area contributed by atoms with Gasteiger partial charge >= 0.3 is 0 Å². The number of para-hydroxylation sites is 1. The smallest absolute Gasteiger partial charge is 0.256 e. The van der Waals surface area contributed by atoms with Gasteiger partial charge < -0.3 is 19.3 Å². The summed E-state index contributed by atoms with van der Waals surface area (Å²) in [6.07, 6.45) is 3.02. The van der Waals surface area contributed by atoms with Gasteiger partial charge in [0.1, 0.15) is 18.2 Å². The first-order chi connectivity index (χ1) is 16.0. The van der Waals surface area contributed by atoms with Crippen LogP contribution in [0.3, 0.4) is 0 Å². The van der Waals surface area contributed by atoms with Crippen LogP contribution in [0.1, 0.15) is 30.4 Å². The number of rotatable bonds is 2. The second-order valence-electron chi connectivity index (χ2n) is 8.82. The van der Waals surface area contributed by atoms with Crippen molar-refractivity contribution in [2.45, 2.75) is 37.7 Å². The van der Waals surface area contributed by atoms with Gasteiger partial charge in [-0.05, 0) is 48.9 Å². The van der Waals surface area contributed by atoms with Gasteiger partial charge in [-0.15, -0.1) is 0 Å². The SMILES string of the molecule is CN1CCOc2ccccc2CCCCC2(CN(C(=O)Cc3ccccc3F)CCO2)C1=O. The van der Waals surface area contributed by atoms with Crippen molar-refractivity contribution in [1.29, 1.82) is 0 Å². The molecule has 1 fully saturated rings. The van der Waals surface area contributed by atoms with E-state index < -0.39 is 11.4 Å². The molecule has 33 heavy (non-hydrogen) atoms. The van der Waals surface area contributed by atoms with Gasteiger partial charge in [0.25, 0.3) is 5.91 Å². The van der Waals surface area contributed by atoms with Crippen molar-refractivity contribution in [3.63, 3.8) is 0 Å². The van der Waals surface area contributed by atoms with Crippen molar-refractivity contribution in [1.82, 2.24) is 9.80 Å². The van der Waals surface area contributed by atoms with Gasteiger partial charge in [0.15, 0.2) is 5.60 Å². The summed E-state index contributed by atoms with van der Waals surface area (Å²) >= 11 is 0. The molecule has 2 aliphatic rings. The zero-order valence-electron chi connectivity index (χ0n) is 19.1. The van der Waals surface area contributed by atoms with Gasteiger partial charge in [-0.3, -0.25) is 9.59 Å². The normalized spacial score (nSPS) is 22.2. The number of halogens is 1. The Labute approximate surface area is 194 Å². The fourth-order valence-electron chi connectivity index (χ4n) is 4.62. The zero-order valence-corrected chi connectivity index (χ0v) is 19.1. The number of benzene rings is 2. The van der Waals surface area contributed by atoms with Gasteiger partial charge in [-0.1, -0.05) is 36.4 Å². The van der Waals surface area contributed by atoms with Crippen LogP contribution in [-0.4, -0.2) is 67.1 Å². The van der Waals surface area contributed by atoms with Crippen LogP contribution < -0.4 is 4.74 Å². The summed E-state index contributed by atoms with van der Waals surface area (Å²) in [4.78, 5) is 29.8. The van der Waals surface area contributed by atoms with Crippen LogP contribution in [0.5, 0.6) is 5.75 Å². The summed E-state index contributed by atoms with van der Waals surface area (Å²) in [6, 6.07) is 14.3. The molecule has 0 saturated carbocycles. The lowest BCUT2D eigenvalue weighted by molar-refractivity contribution is -0.175. The first-order valence-corrected chi connectivity index (χ1v) is 11.6. The lowest BCUT2D eigenvalue weighted by atomic mass is 9.91. The van der Waals surface area contributed by atoms with E-state index in [0.717, 1.165) is 30.6 Å². The molecule has 0 aromatic heterocycles. The second-order valence-corrected chi connectivity index (χ2v) is 8.82. The van der Waals surface area contributed by atoms with E-state index in [4.69, 9.17) is 9.47 Å². The van der Waals surface area contributed by atoms with Crippen LogP contribution in [0.2, 0.25) is 0 Å². The molecule has 2 aromatic rings. The van der Waals surface area contributed by atoms with E-state index in [0.29, 0.717) is 31.7 Å². The molecule has 0 N–H and O–H groups in total. The maximum atomic E-state index is 14.1. The molecule has 0 bridgehead atoms. The third-order valence-corrected chi connectivity index (χ3v) is 6.51. The molecule has 6 nitrogen and oxygen atoms in total. The highest BCUT2D eigenvalue weighted by Gasteiger charge is 2.46. The van der Waals surface area contributed by atoms with Crippen molar-refractivity contribution in [3.05, 3.63) is 65.5 Å². The Balaban J connectivity index is 1.50. The van der Waals surface area contributed by atoms with Gasteiger partial charge in [0.2, 0.25) is 5.91 Å². The van der Waals surface area contributed by atoms with E-state index in [1.165, 1.54) is 6.07 Å². The third kappa shape index (κ3) is 5.36. The number of fused-ring (bicyclic) bond motifs is 1. The Morgan fingerprint density at radius 2 is 1.85 bits per heavy atom. The fourth-order valence-corrected chi connectivity index (χ4v) is 4.62. The monoisotopic (exact) mass is 454 g/mol. The number of aryl methyl sites for hydroxylation is 1. The highest BCUT2D eigenvalue weighted by molar-refractivity contribution is 5.87. The van der Waals surface area contributed by atoms with E-state index in [9.17, 15) is 14.0 Å². The van der Waals surface area contributed by atoms with Crippen molar-refractivity contribution >= 4 is 11.8 Å². The molecule has 2 heterocycles. The number of morpholine rings is 1.